The zero-order valence-electron chi connectivity index (χ0n) is 21.7. The number of aliphatic hydroxyl groups is 1. The van der Waals surface area contributed by atoms with Gasteiger partial charge in [0.25, 0.3) is 11.7 Å². The predicted octanol–water partition coefficient (Wildman–Crippen LogP) is 4.26. The van der Waals surface area contributed by atoms with Crippen LogP contribution in [-0.2, 0) is 9.59 Å². The van der Waals surface area contributed by atoms with Crippen molar-refractivity contribution in [3.63, 3.8) is 0 Å². The molecule has 3 rings (SSSR count). The van der Waals surface area contributed by atoms with Crippen molar-refractivity contribution in [1.29, 1.82) is 0 Å². The number of likely N-dealkylation sites (tertiary alicyclic amines) is 1. The Bertz CT molecular complexity index is 1090. The van der Waals surface area contributed by atoms with Crippen molar-refractivity contribution in [3.05, 3.63) is 59.2 Å². The highest BCUT2D eigenvalue weighted by Gasteiger charge is 2.46. The van der Waals surface area contributed by atoms with E-state index in [1.54, 1.807) is 36.4 Å². The van der Waals surface area contributed by atoms with Crippen LogP contribution in [0.25, 0.3) is 5.76 Å². The standard InChI is InChI=1S/C28H36N2O6/c1-6-17-36-22-14-11-20(18-23(22)35-8-3)25-24(27(32)28(33)30(25)16-15-29(4)5)26(31)19-9-12-21(13-10-19)34-7-2/h9-14,18,25,31H,6-8,15-17H2,1-5H3. The first-order chi connectivity index (χ1) is 17.3. The highest BCUT2D eigenvalue weighted by molar-refractivity contribution is 6.46. The average molecular weight is 497 g/mol. The third-order valence-electron chi connectivity index (χ3n) is 5.81. The second-order valence-corrected chi connectivity index (χ2v) is 8.74. The highest BCUT2D eigenvalue weighted by Crippen LogP contribution is 2.42. The van der Waals surface area contributed by atoms with E-state index in [0.29, 0.717) is 61.3 Å². The fourth-order valence-corrected chi connectivity index (χ4v) is 4.09. The van der Waals surface area contributed by atoms with Crippen LogP contribution in [0.15, 0.2) is 48.0 Å². The molecule has 1 fully saturated rings. The van der Waals surface area contributed by atoms with Crippen molar-refractivity contribution in [2.24, 2.45) is 0 Å². The van der Waals surface area contributed by atoms with Crippen molar-refractivity contribution < 1.29 is 28.9 Å². The van der Waals surface area contributed by atoms with E-state index in [0.717, 1.165) is 6.42 Å². The van der Waals surface area contributed by atoms with Crippen LogP contribution in [0.5, 0.6) is 17.2 Å². The normalized spacial score (nSPS) is 17.1. The van der Waals surface area contributed by atoms with Crippen LogP contribution < -0.4 is 14.2 Å². The number of ketones is 1. The average Bonchev–Trinajstić information content (AvgIpc) is 3.12. The summed E-state index contributed by atoms with van der Waals surface area (Å²) in [6, 6.07) is 11.4. The molecule has 2 aromatic rings. The van der Waals surface area contributed by atoms with E-state index in [1.165, 1.54) is 4.90 Å². The number of carbonyl (C=O) groups excluding carboxylic acids is 2. The van der Waals surface area contributed by atoms with Gasteiger partial charge in [0.05, 0.1) is 31.4 Å². The molecule has 0 spiro atoms. The lowest BCUT2D eigenvalue weighted by Gasteiger charge is -2.27. The number of aliphatic hydroxyl groups excluding tert-OH is 1. The maximum absolute atomic E-state index is 13.2. The van der Waals surface area contributed by atoms with Crippen LogP contribution in [0.4, 0.5) is 0 Å². The number of rotatable bonds is 12. The first-order valence-electron chi connectivity index (χ1n) is 12.4. The van der Waals surface area contributed by atoms with E-state index in [4.69, 9.17) is 14.2 Å². The first kappa shape index (κ1) is 27.1. The van der Waals surface area contributed by atoms with Crippen molar-refractivity contribution in [1.82, 2.24) is 9.80 Å². The fourth-order valence-electron chi connectivity index (χ4n) is 4.09. The zero-order chi connectivity index (χ0) is 26.2. The smallest absolute Gasteiger partial charge is 0.295 e. The quantitative estimate of drug-likeness (QED) is 0.267. The Morgan fingerprint density at radius 3 is 2.25 bits per heavy atom. The van der Waals surface area contributed by atoms with Gasteiger partial charge in [-0.15, -0.1) is 0 Å². The number of amides is 1. The molecule has 0 aromatic heterocycles. The molecule has 0 saturated carbocycles. The van der Waals surface area contributed by atoms with Crippen molar-refractivity contribution in [3.8, 4) is 17.2 Å². The molecule has 2 aromatic carbocycles. The number of Topliss-reactive ketones (excluding diaryl/α,β-unsaturated/α-hetero) is 1. The van der Waals surface area contributed by atoms with Gasteiger partial charge < -0.3 is 29.1 Å². The van der Waals surface area contributed by atoms with E-state index in [-0.39, 0.29) is 11.3 Å². The van der Waals surface area contributed by atoms with Gasteiger partial charge in [-0.1, -0.05) is 13.0 Å². The monoisotopic (exact) mass is 496 g/mol. The number of benzene rings is 2. The summed E-state index contributed by atoms with van der Waals surface area (Å²) >= 11 is 0. The number of hydrogen-bond acceptors (Lipinski definition) is 7. The molecule has 8 nitrogen and oxygen atoms in total. The Morgan fingerprint density at radius 1 is 0.944 bits per heavy atom. The van der Waals surface area contributed by atoms with Gasteiger partial charge in [-0.3, -0.25) is 9.59 Å². The molecule has 0 aliphatic carbocycles. The van der Waals surface area contributed by atoms with E-state index in [1.807, 2.05) is 45.8 Å². The molecule has 0 bridgehead atoms. The first-order valence-corrected chi connectivity index (χ1v) is 12.4. The minimum absolute atomic E-state index is 0.0487. The summed E-state index contributed by atoms with van der Waals surface area (Å²) in [5.74, 6) is 0.203. The molecule has 1 unspecified atom stereocenters. The van der Waals surface area contributed by atoms with Crippen LogP contribution in [0.3, 0.4) is 0 Å². The van der Waals surface area contributed by atoms with Crippen molar-refractivity contribution in [2.45, 2.75) is 33.2 Å². The van der Waals surface area contributed by atoms with Crippen LogP contribution >= 0.6 is 0 Å². The number of ether oxygens (including phenoxy) is 3. The molecule has 1 atom stereocenters. The Kier molecular flexibility index (Phi) is 9.36. The minimum atomic E-state index is -0.768. The molecule has 1 N–H and O–H groups in total. The minimum Gasteiger partial charge on any atom is -0.507 e. The SMILES string of the molecule is CCCOc1ccc(C2C(=C(O)c3ccc(OCC)cc3)C(=O)C(=O)N2CCN(C)C)cc1OCC. The Hall–Kier alpha value is -3.52. The molecular weight excluding hydrogens is 460 g/mol. The zero-order valence-corrected chi connectivity index (χ0v) is 21.7. The van der Waals surface area contributed by atoms with E-state index in [9.17, 15) is 14.7 Å². The van der Waals surface area contributed by atoms with Gasteiger partial charge in [0.2, 0.25) is 0 Å². The molecule has 1 aliphatic rings. The third-order valence-corrected chi connectivity index (χ3v) is 5.81. The van der Waals surface area contributed by atoms with E-state index in [2.05, 4.69) is 0 Å². The lowest BCUT2D eigenvalue weighted by molar-refractivity contribution is -0.140. The fraction of sp³-hybridized carbons (Fsp3) is 0.429. The largest absolute Gasteiger partial charge is 0.507 e. The lowest BCUT2D eigenvalue weighted by Crippen LogP contribution is -2.35. The Morgan fingerprint density at radius 2 is 1.64 bits per heavy atom. The van der Waals surface area contributed by atoms with Crippen LogP contribution in [0, 0.1) is 0 Å². The summed E-state index contributed by atoms with van der Waals surface area (Å²) < 4.78 is 17.1. The van der Waals surface area contributed by atoms with Crippen LogP contribution in [0.2, 0.25) is 0 Å². The van der Waals surface area contributed by atoms with Gasteiger partial charge in [-0.25, -0.2) is 0 Å². The molecule has 194 valence electrons. The summed E-state index contributed by atoms with van der Waals surface area (Å²) in [7, 11) is 3.80. The Balaban J connectivity index is 2.12. The Labute approximate surface area is 213 Å². The highest BCUT2D eigenvalue weighted by atomic mass is 16.5. The molecular formula is C28H36N2O6. The number of nitrogens with zero attached hydrogens (tertiary/aromatic N) is 2. The molecule has 1 amide bonds. The number of likely N-dealkylation sites (N-methyl/N-ethyl adjacent to an activating group) is 1. The second-order valence-electron chi connectivity index (χ2n) is 8.74. The van der Waals surface area contributed by atoms with Gasteiger partial charge in [0.15, 0.2) is 11.5 Å². The van der Waals surface area contributed by atoms with Gasteiger partial charge in [-0.2, -0.15) is 0 Å². The molecule has 1 aliphatic heterocycles. The number of carbonyl (C=O) groups is 2. The predicted molar refractivity (Wildman–Crippen MR) is 139 cm³/mol. The van der Waals surface area contributed by atoms with Gasteiger partial charge in [0.1, 0.15) is 11.5 Å². The molecule has 1 saturated heterocycles. The molecule has 36 heavy (non-hydrogen) atoms. The van der Waals surface area contributed by atoms with Gasteiger partial charge in [0, 0.05) is 18.7 Å². The van der Waals surface area contributed by atoms with Crippen molar-refractivity contribution in [2.75, 3.05) is 47.0 Å². The summed E-state index contributed by atoms with van der Waals surface area (Å²) in [6.07, 6.45) is 0.847. The summed E-state index contributed by atoms with van der Waals surface area (Å²) in [6.45, 7) is 8.15. The number of hydrogen-bond donors (Lipinski definition) is 1. The van der Waals surface area contributed by atoms with Crippen molar-refractivity contribution >= 4 is 17.4 Å². The lowest BCUT2D eigenvalue weighted by atomic mass is 9.95. The van der Waals surface area contributed by atoms with Gasteiger partial charge >= 0.3 is 0 Å². The summed E-state index contributed by atoms with van der Waals surface area (Å²) in [5, 5.41) is 11.3. The van der Waals surface area contributed by atoms with Crippen LogP contribution in [-0.4, -0.2) is 73.6 Å². The second kappa shape index (κ2) is 12.4. The van der Waals surface area contributed by atoms with Gasteiger partial charge in [-0.05, 0) is 76.3 Å². The topological polar surface area (TPSA) is 88.5 Å². The van der Waals surface area contributed by atoms with E-state index < -0.39 is 17.7 Å². The summed E-state index contributed by atoms with van der Waals surface area (Å²) in [4.78, 5) is 29.8. The van der Waals surface area contributed by atoms with E-state index >= 15 is 0 Å². The molecule has 8 heteroatoms. The molecule has 0 radical (unpaired) electrons. The third kappa shape index (κ3) is 5.99. The maximum Gasteiger partial charge on any atom is 0.295 e. The molecule has 1 heterocycles. The maximum atomic E-state index is 13.2. The summed E-state index contributed by atoms with van der Waals surface area (Å²) in [5.41, 5.74) is 1.14. The van der Waals surface area contributed by atoms with Crippen LogP contribution in [0.1, 0.15) is 44.4 Å².